The largest absolute Gasteiger partial charge is 0.508 e. The minimum absolute atomic E-state index is 0.0764. The van der Waals surface area contributed by atoms with E-state index >= 15 is 0 Å². The Morgan fingerprint density at radius 2 is 1.87 bits per heavy atom. The fourth-order valence-corrected chi connectivity index (χ4v) is 4.05. The van der Waals surface area contributed by atoms with Crippen molar-refractivity contribution in [3.63, 3.8) is 0 Å². The van der Waals surface area contributed by atoms with Crippen molar-refractivity contribution in [1.82, 2.24) is 15.8 Å². The van der Waals surface area contributed by atoms with Crippen molar-refractivity contribution in [2.24, 2.45) is 0 Å². The van der Waals surface area contributed by atoms with Crippen molar-refractivity contribution >= 4 is 34.6 Å². The normalized spacial score (nSPS) is 16.6. The highest BCUT2D eigenvalue weighted by Gasteiger charge is 2.39. The van der Waals surface area contributed by atoms with Gasteiger partial charge in [0.05, 0.1) is 5.70 Å². The molecule has 0 aromatic heterocycles. The van der Waals surface area contributed by atoms with Crippen molar-refractivity contribution in [2.45, 2.75) is 32.3 Å². The van der Waals surface area contributed by atoms with Crippen LogP contribution in [-0.2, 0) is 4.79 Å². The lowest BCUT2D eigenvalue weighted by Gasteiger charge is -2.42. The van der Waals surface area contributed by atoms with E-state index in [1.54, 1.807) is 25.1 Å². The van der Waals surface area contributed by atoms with E-state index < -0.39 is 5.60 Å². The number of carbonyl (C=O) groups is 1. The summed E-state index contributed by atoms with van der Waals surface area (Å²) >= 11 is 5.42. The number of thiocarbonyl (C=S) groups is 1. The molecule has 1 fully saturated rings. The number of hydrazine groups is 1. The maximum absolute atomic E-state index is 11.7. The third-order valence-electron chi connectivity index (χ3n) is 5.65. The van der Waals surface area contributed by atoms with Crippen molar-refractivity contribution in [3.8, 4) is 11.5 Å². The number of ether oxygens (including phenoxy) is 1. The highest BCUT2D eigenvalue weighted by Crippen LogP contribution is 2.41. The van der Waals surface area contributed by atoms with E-state index in [2.05, 4.69) is 16.2 Å². The van der Waals surface area contributed by atoms with Crippen molar-refractivity contribution in [2.75, 3.05) is 18.4 Å². The number of phenols is 1. The standard InChI is InChI=1S/C23H26N4O3S/c1-15-3-5-17(6-4-15)24-22(31)26-25-20-14-23(9-11-27(12-10-23)16(2)28)30-21-8-7-18(29)13-19(20)21/h3-8,13-14,25,29H,9-12H2,1-2H3,(H2,24,26,31). The number of hydrogen-bond acceptors (Lipinski definition) is 5. The molecule has 0 atom stereocenters. The Bertz CT molecular complexity index is 1030. The number of rotatable bonds is 3. The van der Waals surface area contributed by atoms with E-state index in [9.17, 15) is 9.90 Å². The zero-order valence-electron chi connectivity index (χ0n) is 17.6. The Labute approximate surface area is 187 Å². The molecule has 1 amide bonds. The summed E-state index contributed by atoms with van der Waals surface area (Å²) in [5, 5.41) is 13.5. The number of phenolic OH excluding ortho intramolecular Hbond substituents is 1. The molecule has 1 spiro atoms. The maximum Gasteiger partial charge on any atom is 0.219 e. The number of piperidine rings is 1. The maximum atomic E-state index is 11.7. The van der Waals surface area contributed by atoms with Crippen LogP contribution in [0.3, 0.4) is 0 Å². The molecule has 0 saturated carbocycles. The molecule has 0 bridgehead atoms. The van der Waals surface area contributed by atoms with Crippen LogP contribution in [0.25, 0.3) is 5.70 Å². The van der Waals surface area contributed by atoms with Gasteiger partial charge in [-0.3, -0.25) is 15.6 Å². The average molecular weight is 439 g/mol. The van der Waals surface area contributed by atoms with Crippen LogP contribution in [0.15, 0.2) is 48.5 Å². The highest BCUT2D eigenvalue weighted by molar-refractivity contribution is 7.80. The SMILES string of the molecule is CC(=O)N1CCC2(C=C(NNC(=S)Nc3ccc(C)cc3)c3cc(O)ccc3O2)CC1. The third kappa shape index (κ3) is 4.74. The van der Waals surface area contributed by atoms with Gasteiger partial charge < -0.3 is 20.1 Å². The van der Waals surface area contributed by atoms with Gasteiger partial charge in [0.2, 0.25) is 5.91 Å². The van der Waals surface area contributed by atoms with Crippen LogP contribution in [0.1, 0.15) is 30.9 Å². The molecule has 7 nitrogen and oxygen atoms in total. The fourth-order valence-electron chi connectivity index (χ4n) is 3.88. The second-order valence-corrected chi connectivity index (χ2v) is 8.39. The predicted octanol–water partition coefficient (Wildman–Crippen LogP) is 3.31. The van der Waals surface area contributed by atoms with Gasteiger partial charge in [-0.15, -0.1) is 0 Å². The number of likely N-dealkylation sites (tertiary alicyclic amines) is 1. The second kappa shape index (κ2) is 8.47. The molecule has 0 radical (unpaired) electrons. The Morgan fingerprint density at radius 3 is 2.55 bits per heavy atom. The van der Waals surface area contributed by atoms with E-state index in [1.165, 1.54) is 5.56 Å². The number of fused-ring (bicyclic) bond motifs is 1. The number of hydrogen-bond donors (Lipinski definition) is 4. The number of nitrogens with one attached hydrogen (secondary N) is 3. The summed E-state index contributed by atoms with van der Waals surface area (Å²) in [6.45, 7) is 4.89. The van der Waals surface area contributed by atoms with E-state index in [1.807, 2.05) is 42.2 Å². The van der Waals surface area contributed by atoms with Crippen LogP contribution in [0.4, 0.5) is 5.69 Å². The minimum Gasteiger partial charge on any atom is -0.508 e. The van der Waals surface area contributed by atoms with Crippen LogP contribution in [0.5, 0.6) is 11.5 Å². The van der Waals surface area contributed by atoms with Crippen molar-refractivity contribution in [1.29, 1.82) is 0 Å². The molecule has 4 rings (SSSR count). The number of aryl methyl sites for hydroxylation is 1. The molecular formula is C23H26N4O3S. The third-order valence-corrected chi connectivity index (χ3v) is 5.85. The zero-order chi connectivity index (χ0) is 22.0. The average Bonchev–Trinajstić information content (AvgIpc) is 2.74. The van der Waals surface area contributed by atoms with E-state index in [-0.39, 0.29) is 11.7 Å². The summed E-state index contributed by atoms with van der Waals surface area (Å²) < 4.78 is 6.35. The van der Waals surface area contributed by atoms with Crippen LogP contribution in [0.2, 0.25) is 0 Å². The summed E-state index contributed by atoms with van der Waals surface area (Å²) in [5.74, 6) is 0.906. The number of aromatic hydroxyl groups is 1. The molecule has 0 unspecified atom stereocenters. The van der Waals surface area contributed by atoms with Gasteiger partial charge in [-0.2, -0.15) is 0 Å². The molecule has 1 saturated heterocycles. The first kappa shape index (κ1) is 21.0. The van der Waals surface area contributed by atoms with Crippen LogP contribution in [-0.4, -0.2) is 39.7 Å². The van der Waals surface area contributed by atoms with E-state index in [4.69, 9.17) is 17.0 Å². The Morgan fingerprint density at radius 1 is 1.16 bits per heavy atom. The second-order valence-electron chi connectivity index (χ2n) is 7.98. The molecule has 2 aliphatic heterocycles. The highest BCUT2D eigenvalue weighted by atomic mass is 32.1. The van der Waals surface area contributed by atoms with Crippen LogP contribution < -0.4 is 20.9 Å². The first-order chi connectivity index (χ1) is 14.8. The lowest BCUT2D eigenvalue weighted by molar-refractivity contribution is -0.131. The first-order valence-electron chi connectivity index (χ1n) is 10.2. The number of anilines is 1. The topological polar surface area (TPSA) is 85.9 Å². The molecule has 8 heteroatoms. The smallest absolute Gasteiger partial charge is 0.219 e. The summed E-state index contributed by atoms with van der Waals surface area (Å²) in [6.07, 6.45) is 3.39. The molecule has 2 aromatic rings. The Hall–Kier alpha value is -3.26. The van der Waals surface area contributed by atoms with Gasteiger partial charge in [0, 0.05) is 44.1 Å². The molecular weight excluding hydrogens is 412 g/mol. The van der Waals surface area contributed by atoms with Crippen molar-refractivity contribution in [3.05, 3.63) is 59.7 Å². The Balaban J connectivity index is 1.51. The fraction of sp³-hybridized carbons (Fsp3) is 0.304. The lowest BCUT2D eigenvalue weighted by Crippen LogP contribution is -2.50. The molecule has 2 aliphatic rings. The number of nitrogens with zero attached hydrogens (tertiary/aromatic N) is 1. The van der Waals surface area contributed by atoms with Crippen LogP contribution >= 0.6 is 12.2 Å². The molecule has 162 valence electrons. The molecule has 31 heavy (non-hydrogen) atoms. The number of amides is 1. The molecule has 2 heterocycles. The zero-order valence-corrected chi connectivity index (χ0v) is 18.4. The van der Waals surface area contributed by atoms with Crippen molar-refractivity contribution < 1.29 is 14.6 Å². The Kier molecular flexibility index (Phi) is 5.73. The van der Waals surface area contributed by atoms with Gasteiger partial charge in [-0.25, -0.2) is 0 Å². The molecule has 0 aliphatic carbocycles. The summed E-state index contributed by atoms with van der Waals surface area (Å²) in [5.41, 5.74) is 9.25. The van der Waals surface area contributed by atoms with Gasteiger partial charge in [-0.05, 0) is 55.5 Å². The van der Waals surface area contributed by atoms with Crippen LogP contribution in [0, 0.1) is 6.92 Å². The van der Waals surface area contributed by atoms with Gasteiger partial charge >= 0.3 is 0 Å². The van der Waals surface area contributed by atoms with Gasteiger partial charge in [0.25, 0.3) is 0 Å². The number of carbonyl (C=O) groups excluding carboxylic acids is 1. The van der Waals surface area contributed by atoms with E-state index in [0.717, 1.165) is 16.9 Å². The molecule has 4 N–H and O–H groups in total. The number of benzene rings is 2. The van der Waals surface area contributed by atoms with Gasteiger partial charge in [0.1, 0.15) is 17.1 Å². The quantitative estimate of drug-likeness (QED) is 0.432. The summed E-state index contributed by atoms with van der Waals surface area (Å²) in [6, 6.07) is 13.0. The summed E-state index contributed by atoms with van der Waals surface area (Å²) in [4.78, 5) is 13.5. The monoisotopic (exact) mass is 438 g/mol. The summed E-state index contributed by atoms with van der Waals surface area (Å²) in [7, 11) is 0. The van der Waals surface area contributed by atoms with Gasteiger partial charge in [0.15, 0.2) is 5.11 Å². The minimum atomic E-state index is -0.522. The lowest BCUT2D eigenvalue weighted by atomic mass is 9.87. The molecule has 2 aromatic carbocycles. The van der Waals surface area contributed by atoms with E-state index in [0.29, 0.717) is 36.8 Å². The first-order valence-corrected chi connectivity index (χ1v) is 10.6. The predicted molar refractivity (Wildman–Crippen MR) is 125 cm³/mol. The van der Waals surface area contributed by atoms with Gasteiger partial charge in [-0.1, -0.05) is 17.7 Å².